The molecule has 0 bridgehead atoms. The number of hydrogen-bond donors (Lipinski definition) is 1. The zero-order valence-corrected chi connectivity index (χ0v) is 22.7. The third-order valence-electron chi connectivity index (χ3n) is 5.75. The Morgan fingerprint density at radius 1 is 1.16 bits per heavy atom. The van der Waals surface area contributed by atoms with E-state index < -0.39 is 0 Å². The molecule has 4 heteroatoms. The molecule has 162 valence electrons. The molecule has 0 radical (unpaired) electrons. The van der Waals surface area contributed by atoms with E-state index in [0.717, 1.165) is 48.9 Å². The average Bonchev–Trinajstić information content (AvgIpc) is 2.77. The van der Waals surface area contributed by atoms with Crippen molar-refractivity contribution < 1.29 is 61.0 Å². The third-order valence-corrected chi connectivity index (χ3v) is 5.75. The summed E-state index contributed by atoms with van der Waals surface area (Å²) in [5, 5.41) is 3.10. The Bertz CT molecular complexity index is 841. The van der Waals surface area contributed by atoms with Crippen molar-refractivity contribution in [3.63, 3.8) is 0 Å². The van der Waals surface area contributed by atoms with E-state index in [4.69, 9.17) is 0 Å². The fourth-order valence-corrected chi connectivity index (χ4v) is 3.62. The molecule has 1 amide bonds. The number of anilines is 1. The van der Waals surface area contributed by atoms with Gasteiger partial charge in [0.15, 0.2) is 0 Å². The Hall–Kier alpha value is -0.914. The van der Waals surface area contributed by atoms with Gasteiger partial charge in [-0.2, -0.15) is 12.8 Å². The van der Waals surface area contributed by atoms with Gasteiger partial charge in [0.1, 0.15) is 0 Å². The first kappa shape index (κ1) is 28.1. The largest absolute Gasteiger partial charge is 1.00 e. The Balaban J connectivity index is 0.000000370. The summed E-state index contributed by atoms with van der Waals surface area (Å²) < 4.78 is 0. The van der Waals surface area contributed by atoms with Crippen LogP contribution in [0.3, 0.4) is 0 Å². The molecule has 3 rings (SSSR count). The van der Waals surface area contributed by atoms with Gasteiger partial charge in [0, 0.05) is 11.6 Å². The molecule has 2 aromatic rings. The predicted molar refractivity (Wildman–Crippen MR) is 125 cm³/mol. The van der Waals surface area contributed by atoms with E-state index in [0.29, 0.717) is 5.56 Å². The first-order chi connectivity index (χ1) is 14.5. The molecule has 1 fully saturated rings. The molecule has 0 unspecified atom stereocenters. The van der Waals surface area contributed by atoms with Gasteiger partial charge in [-0.1, -0.05) is 39.2 Å². The van der Waals surface area contributed by atoms with Crippen molar-refractivity contribution in [3.05, 3.63) is 77.6 Å². The number of hydrogen-bond acceptors (Lipinski definition) is 2. The molecule has 3 nitrogen and oxygen atoms in total. The van der Waals surface area contributed by atoms with Crippen LogP contribution in [0.2, 0.25) is 0 Å². The van der Waals surface area contributed by atoms with Gasteiger partial charge < -0.3 is 16.5 Å². The van der Waals surface area contributed by atoms with Gasteiger partial charge >= 0.3 is 51.4 Å². The SMILES string of the molecule is CCCCc1cc(NC(=O)C2CC[CH-]CC2)ccc1C.[CH2-]c1c(C)cccc1[C-]=O.[K+]. The minimum Gasteiger partial charge on any atom is -0.391 e. The molecular weight excluding hydrogens is 409 g/mol. The zero-order valence-electron chi connectivity index (χ0n) is 19.6. The minimum absolute atomic E-state index is 0. The normalized spacial score (nSPS) is 13.4. The molecule has 1 aliphatic rings. The molecule has 1 aliphatic carbocycles. The number of nitrogens with one attached hydrogen (secondary N) is 1. The maximum Gasteiger partial charge on any atom is 1.00 e. The van der Waals surface area contributed by atoms with Crippen molar-refractivity contribution in [3.8, 4) is 0 Å². The van der Waals surface area contributed by atoms with Crippen LogP contribution in [-0.4, -0.2) is 12.2 Å². The number of carbonyl (C=O) groups excluding carboxylic acids is 2. The summed E-state index contributed by atoms with van der Waals surface area (Å²) in [7, 11) is 0. The van der Waals surface area contributed by atoms with Crippen molar-refractivity contribution in [2.45, 2.75) is 65.7 Å². The second-order valence-corrected chi connectivity index (χ2v) is 8.08. The van der Waals surface area contributed by atoms with E-state index in [1.165, 1.54) is 24.0 Å². The Morgan fingerprint density at radius 3 is 2.48 bits per heavy atom. The Morgan fingerprint density at radius 2 is 1.87 bits per heavy atom. The number of amides is 1. The maximum atomic E-state index is 12.3. The monoisotopic (exact) mass is 443 g/mol. The summed E-state index contributed by atoms with van der Waals surface area (Å²) in [5.41, 5.74) is 6.00. The van der Waals surface area contributed by atoms with Crippen LogP contribution in [0.1, 0.15) is 73.3 Å². The van der Waals surface area contributed by atoms with E-state index in [-0.39, 0.29) is 63.2 Å². The van der Waals surface area contributed by atoms with Gasteiger partial charge in [-0.25, -0.2) is 11.6 Å². The van der Waals surface area contributed by atoms with Crippen molar-refractivity contribution >= 4 is 17.9 Å². The van der Waals surface area contributed by atoms with Crippen LogP contribution in [0.4, 0.5) is 5.69 Å². The molecule has 1 saturated carbocycles. The molecule has 0 aliphatic heterocycles. The molecule has 0 heterocycles. The summed E-state index contributed by atoms with van der Waals surface area (Å²) in [5.74, 6) is 0.392. The summed E-state index contributed by atoms with van der Waals surface area (Å²) in [6, 6.07) is 11.8. The predicted octanol–water partition coefficient (Wildman–Crippen LogP) is 3.31. The number of aryl methyl sites for hydroxylation is 3. The number of rotatable bonds is 6. The number of unbranched alkanes of at least 4 members (excludes halogenated alkanes) is 1. The molecule has 31 heavy (non-hydrogen) atoms. The fourth-order valence-electron chi connectivity index (χ4n) is 3.62. The summed E-state index contributed by atoms with van der Waals surface area (Å²) >= 11 is 0. The Kier molecular flexibility index (Phi) is 13.6. The third kappa shape index (κ3) is 9.23. The van der Waals surface area contributed by atoms with E-state index in [1.807, 2.05) is 31.4 Å². The Labute approximate surface area is 231 Å². The fraction of sp³-hybridized carbons (Fsp3) is 0.407. The summed E-state index contributed by atoms with van der Waals surface area (Å²) in [6.45, 7) is 10.0. The quantitative estimate of drug-likeness (QED) is 0.550. The summed E-state index contributed by atoms with van der Waals surface area (Å²) in [4.78, 5) is 22.5. The van der Waals surface area contributed by atoms with E-state index in [2.05, 4.69) is 44.6 Å². The number of carbonyl (C=O) groups is 1. The van der Waals surface area contributed by atoms with E-state index in [1.54, 1.807) is 6.07 Å². The first-order valence-electron chi connectivity index (χ1n) is 11.0. The van der Waals surface area contributed by atoms with Gasteiger partial charge in [0.2, 0.25) is 5.91 Å². The second-order valence-electron chi connectivity index (χ2n) is 8.08. The maximum absolute atomic E-state index is 12.3. The molecule has 0 atom stereocenters. The van der Waals surface area contributed by atoms with Crippen LogP contribution < -0.4 is 56.7 Å². The van der Waals surface area contributed by atoms with E-state index >= 15 is 0 Å². The van der Waals surface area contributed by atoms with E-state index in [9.17, 15) is 9.59 Å². The average molecular weight is 444 g/mol. The molecule has 2 aromatic carbocycles. The topological polar surface area (TPSA) is 46.2 Å². The van der Waals surface area contributed by atoms with Gasteiger partial charge in [0.25, 0.3) is 0 Å². The second kappa shape index (κ2) is 15.0. The van der Waals surface area contributed by atoms with Gasteiger partial charge in [-0.05, 0) is 49.3 Å². The van der Waals surface area contributed by atoms with Gasteiger partial charge in [0.05, 0.1) is 0 Å². The summed E-state index contributed by atoms with van der Waals surface area (Å²) in [6.07, 6.45) is 11.8. The minimum atomic E-state index is 0. The molecule has 1 N–H and O–H groups in total. The van der Waals surface area contributed by atoms with Crippen LogP contribution in [0.5, 0.6) is 0 Å². The first-order valence-corrected chi connectivity index (χ1v) is 11.0. The zero-order chi connectivity index (χ0) is 21.9. The van der Waals surface area contributed by atoms with Crippen LogP contribution >= 0.6 is 0 Å². The van der Waals surface area contributed by atoms with Crippen LogP contribution in [0, 0.1) is 33.1 Å². The van der Waals surface area contributed by atoms with Crippen molar-refractivity contribution in [1.82, 2.24) is 0 Å². The smallest absolute Gasteiger partial charge is 0.391 e. The van der Waals surface area contributed by atoms with Crippen LogP contribution in [0.15, 0.2) is 36.4 Å². The van der Waals surface area contributed by atoms with Gasteiger partial charge in [-0.15, -0.1) is 12.1 Å². The van der Waals surface area contributed by atoms with Crippen molar-refractivity contribution in [2.75, 3.05) is 5.32 Å². The molecule has 0 spiro atoms. The number of benzene rings is 2. The van der Waals surface area contributed by atoms with Gasteiger partial charge in [-0.3, -0.25) is 22.8 Å². The van der Waals surface area contributed by atoms with Crippen LogP contribution in [0.25, 0.3) is 0 Å². The van der Waals surface area contributed by atoms with Crippen molar-refractivity contribution in [2.24, 2.45) is 5.92 Å². The molecule has 0 saturated heterocycles. The standard InChI is InChI=1S/C18H26NO.C9H8O.K/c1-3-4-8-16-13-17(12-11-14(16)2)19-18(20)15-9-6-5-7-10-15;1-7-4-3-5-9(6-10)8(7)2;/h5,11-13,15H,3-4,6-10H2,1-2H3,(H,19,20);3-5H,2H2,1H3;/q-1;-2;+1. The van der Waals surface area contributed by atoms with Crippen LogP contribution in [-0.2, 0) is 16.0 Å². The molecular formula is C27H34KNO2-2. The van der Waals surface area contributed by atoms with Crippen molar-refractivity contribution in [1.29, 1.82) is 0 Å². The molecule has 0 aromatic heterocycles.